The minimum absolute atomic E-state index is 0.0212. The first-order valence-electron chi connectivity index (χ1n) is 3.67. The zero-order chi connectivity index (χ0) is 8.69. The molecule has 2 N–H and O–H groups in total. The summed E-state index contributed by atoms with van der Waals surface area (Å²) >= 11 is 5.39. The lowest BCUT2D eigenvalue weighted by molar-refractivity contribution is -0.121. The Morgan fingerprint density at radius 3 is 2.82 bits per heavy atom. The van der Waals surface area contributed by atoms with Gasteiger partial charge in [0.25, 0.3) is 0 Å². The molecule has 0 saturated carbocycles. The van der Waals surface area contributed by atoms with Crippen molar-refractivity contribution in [2.24, 2.45) is 0 Å². The first-order chi connectivity index (χ1) is 5.20. The van der Waals surface area contributed by atoms with Crippen molar-refractivity contribution >= 4 is 17.5 Å². The molecular formula is C7H14ClNO2. The second-order valence-corrected chi connectivity index (χ2v) is 2.82. The van der Waals surface area contributed by atoms with Gasteiger partial charge in [0.15, 0.2) is 0 Å². The number of nitrogens with one attached hydrogen (secondary N) is 1. The molecule has 0 aliphatic heterocycles. The summed E-state index contributed by atoms with van der Waals surface area (Å²) in [4.78, 5) is 10.9. The fourth-order valence-electron chi connectivity index (χ4n) is 0.620. The number of carbonyl (C=O) groups excluding carboxylic acids is 1. The average Bonchev–Trinajstić information content (AvgIpc) is 2.00. The maximum Gasteiger partial charge on any atom is 0.220 e. The van der Waals surface area contributed by atoms with Crippen molar-refractivity contribution in [2.75, 3.05) is 12.5 Å². The van der Waals surface area contributed by atoms with Gasteiger partial charge >= 0.3 is 0 Å². The topological polar surface area (TPSA) is 49.3 Å². The molecule has 0 aliphatic carbocycles. The van der Waals surface area contributed by atoms with Gasteiger partial charge in [-0.2, -0.15) is 0 Å². The van der Waals surface area contributed by atoms with E-state index in [9.17, 15) is 4.79 Å². The molecule has 11 heavy (non-hydrogen) atoms. The van der Waals surface area contributed by atoms with Gasteiger partial charge in [0.05, 0.1) is 6.61 Å². The summed E-state index contributed by atoms with van der Waals surface area (Å²) in [5.41, 5.74) is 0. The number of amides is 1. The van der Waals surface area contributed by atoms with E-state index in [1.165, 1.54) is 0 Å². The highest BCUT2D eigenvalue weighted by Crippen LogP contribution is 1.92. The van der Waals surface area contributed by atoms with E-state index in [0.29, 0.717) is 18.7 Å². The molecule has 0 aromatic rings. The van der Waals surface area contributed by atoms with E-state index in [-0.39, 0.29) is 18.6 Å². The highest BCUT2D eigenvalue weighted by Gasteiger charge is 2.04. The van der Waals surface area contributed by atoms with Crippen LogP contribution >= 0.6 is 11.6 Å². The Morgan fingerprint density at radius 2 is 2.36 bits per heavy atom. The Labute approximate surface area is 71.7 Å². The Kier molecular flexibility index (Phi) is 6.27. The minimum Gasteiger partial charge on any atom is -0.394 e. The second kappa shape index (κ2) is 6.43. The van der Waals surface area contributed by atoms with Gasteiger partial charge in [-0.3, -0.25) is 4.79 Å². The van der Waals surface area contributed by atoms with E-state index in [1.807, 2.05) is 0 Å². The molecule has 1 amide bonds. The second-order valence-electron chi connectivity index (χ2n) is 2.44. The summed E-state index contributed by atoms with van der Waals surface area (Å²) < 4.78 is 0. The Balaban J connectivity index is 3.36. The molecule has 1 unspecified atom stereocenters. The average molecular weight is 180 g/mol. The van der Waals surface area contributed by atoms with Crippen LogP contribution in [-0.2, 0) is 4.79 Å². The van der Waals surface area contributed by atoms with Crippen molar-refractivity contribution < 1.29 is 9.90 Å². The lowest BCUT2D eigenvalue weighted by Gasteiger charge is -2.09. The van der Waals surface area contributed by atoms with Crippen LogP contribution in [-0.4, -0.2) is 29.5 Å². The smallest absolute Gasteiger partial charge is 0.220 e. The van der Waals surface area contributed by atoms with Gasteiger partial charge in [-0.1, -0.05) is 0 Å². The molecule has 1 atom stereocenters. The van der Waals surface area contributed by atoms with Crippen molar-refractivity contribution in [3.05, 3.63) is 0 Å². The van der Waals surface area contributed by atoms with Crippen LogP contribution in [0.5, 0.6) is 0 Å². The van der Waals surface area contributed by atoms with Gasteiger partial charge in [0, 0.05) is 18.3 Å². The van der Waals surface area contributed by atoms with Crippen LogP contribution in [0.25, 0.3) is 0 Å². The molecule has 0 heterocycles. The maximum atomic E-state index is 10.9. The van der Waals surface area contributed by atoms with E-state index in [2.05, 4.69) is 5.32 Å². The maximum absolute atomic E-state index is 10.9. The van der Waals surface area contributed by atoms with Crippen LogP contribution in [0.15, 0.2) is 0 Å². The fraction of sp³-hybridized carbons (Fsp3) is 0.857. The van der Waals surface area contributed by atoms with Crippen molar-refractivity contribution in [1.82, 2.24) is 5.32 Å². The molecule has 4 heteroatoms. The Morgan fingerprint density at radius 1 is 1.73 bits per heavy atom. The monoisotopic (exact) mass is 179 g/mol. The molecule has 0 saturated heterocycles. The zero-order valence-corrected chi connectivity index (χ0v) is 7.40. The van der Waals surface area contributed by atoms with E-state index < -0.39 is 0 Å². The van der Waals surface area contributed by atoms with Crippen LogP contribution in [0.3, 0.4) is 0 Å². The number of hydrogen-bond donors (Lipinski definition) is 2. The van der Waals surface area contributed by atoms with E-state index >= 15 is 0 Å². The molecule has 0 aliphatic rings. The third kappa shape index (κ3) is 6.13. The summed E-state index contributed by atoms with van der Waals surface area (Å²) in [6, 6.07) is -0.155. The number of aliphatic hydroxyl groups is 1. The standard InChI is InChI=1S/C7H14ClNO2/c1-6(5-10)9-7(11)3-2-4-8/h6,10H,2-5H2,1H3,(H,9,11). The quantitative estimate of drug-likeness (QED) is 0.604. The molecule has 0 bridgehead atoms. The van der Waals surface area contributed by atoms with Crippen LogP contribution in [0.4, 0.5) is 0 Å². The number of halogens is 1. The van der Waals surface area contributed by atoms with Crippen LogP contribution in [0.2, 0.25) is 0 Å². The van der Waals surface area contributed by atoms with E-state index in [4.69, 9.17) is 16.7 Å². The Bertz CT molecular complexity index is 119. The third-order valence-corrected chi connectivity index (χ3v) is 1.49. The molecule has 0 radical (unpaired) electrons. The van der Waals surface area contributed by atoms with Crippen molar-refractivity contribution in [3.63, 3.8) is 0 Å². The summed E-state index contributed by atoms with van der Waals surface area (Å²) in [5, 5.41) is 11.2. The van der Waals surface area contributed by atoms with Crippen molar-refractivity contribution in [3.8, 4) is 0 Å². The van der Waals surface area contributed by atoms with Crippen LogP contribution in [0.1, 0.15) is 19.8 Å². The summed E-state index contributed by atoms with van der Waals surface area (Å²) in [5.74, 6) is 0.452. The van der Waals surface area contributed by atoms with Crippen LogP contribution in [0, 0.1) is 0 Å². The summed E-state index contributed by atoms with van der Waals surface area (Å²) in [6.45, 7) is 1.73. The lowest BCUT2D eigenvalue weighted by Crippen LogP contribution is -2.34. The van der Waals surface area contributed by atoms with Gasteiger partial charge in [0.2, 0.25) is 5.91 Å². The summed E-state index contributed by atoms with van der Waals surface area (Å²) in [6.07, 6.45) is 1.12. The fourth-order valence-corrected chi connectivity index (χ4v) is 0.754. The normalized spacial score (nSPS) is 12.6. The molecule has 0 aromatic heterocycles. The molecule has 0 rings (SSSR count). The minimum atomic E-state index is -0.155. The predicted octanol–water partition coefficient (Wildman–Crippen LogP) is 0.502. The van der Waals surface area contributed by atoms with Gasteiger partial charge in [0.1, 0.15) is 0 Å². The largest absolute Gasteiger partial charge is 0.394 e. The van der Waals surface area contributed by atoms with Gasteiger partial charge in [-0.15, -0.1) is 11.6 Å². The number of hydrogen-bond acceptors (Lipinski definition) is 2. The number of alkyl halides is 1. The molecule has 3 nitrogen and oxygen atoms in total. The first-order valence-corrected chi connectivity index (χ1v) is 4.20. The number of carbonyl (C=O) groups is 1. The number of aliphatic hydroxyl groups excluding tert-OH is 1. The highest BCUT2D eigenvalue weighted by atomic mass is 35.5. The van der Waals surface area contributed by atoms with Gasteiger partial charge < -0.3 is 10.4 Å². The van der Waals surface area contributed by atoms with Crippen molar-refractivity contribution in [1.29, 1.82) is 0 Å². The highest BCUT2D eigenvalue weighted by molar-refractivity contribution is 6.17. The Hall–Kier alpha value is -0.280. The van der Waals surface area contributed by atoms with Gasteiger partial charge in [-0.25, -0.2) is 0 Å². The molecule has 0 aromatic carbocycles. The molecule has 66 valence electrons. The van der Waals surface area contributed by atoms with E-state index in [1.54, 1.807) is 6.92 Å². The third-order valence-electron chi connectivity index (χ3n) is 1.22. The zero-order valence-electron chi connectivity index (χ0n) is 6.64. The first kappa shape index (κ1) is 10.7. The lowest BCUT2D eigenvalue weighted by atomic mass is 10.3. The number of rotatable bonds is 5. The molecule has 0 fully saturated rings. The summed E-state index contributed by atoms with van der Waals surface area (Å²) in [7, 11) is 0. The van der Waals surface area contributed by atoms with E-state index in [0.717, 1.165) is 0 Å². The SMILES string of the molecule is CC(CO)NC(=O)CCCCl. The molecular weight excluding hydrogens is 166 g/mol. The van der Waals surface area contributed by atoms with Crippen LogP contribution < -0.4 is 5.32 Å². The van der Waals surface area contributed by atoms with Crippen molar-refractivity contribution in [2.45, 2.75) is 25.8 Å². The van der Waals surface area contributed by atoms with Gasteiger partial charge in [-0.05, 0) is 13.3 Å². The molecule has 0 spiro atoms. The predicted molar refractivity (Wildman–Crippen MR) is 44.6 cm³/mol.